The Morgan fingerprint density at radius 3 is 2.23 bits per heavy atom. The van der Waals surface area contributed by atoms with Crippen LogP contribution in [0.2, 0.25) is 0 Å². The zero-order valence-electron chi connectivity index (χ0n) is 18.2. The number of nitrogens with zero attached hydrogens (tertiary/aromatic N) is 3. The van der Waals surface area contributed by atoms with Gasteiger partial charge in [0, 0.05) is 32.7 Å². The van der Waals surface area contributed by atoms with Crippen molar-refractivity contribution in [1.82, 2.24) is 14.1 Å². The van der Waals surface area contributed by atoms with E-state index in [1.54, 1.807) is 17.0 Å². The molecular weight excluding hydrogens is 414 g/mol. The van der Waals surface area contributed by atoms with Crippen LogP contribution < -0.4 is 4.74 Å². The maximum absolute atomic E-state index is 13.4. The summed E-state index contributed by atoms with van der Waals surface area (Å²) in [5.74, 6) is 0.431. The number of piperazine rings is 1. The highest BCUT2D eigenvalue weighted by atomic mass is 32.2. The van der Waals surface area contributed by atoms with Crippen molar-refractivity contribution in [3.05, 3.63) is 60.2 Å². The number of likely N-dealkylation sites (N-methyl/N-ethyl adjacent to an activating group) is 1. The lowest BCUT2D eigenvalue weighted by Gasteiger charge is -2.35. The fourth-order valence-electron chi connectivity index (χ4n) is 3.64. The van der Waals surface area contributed by atoms with Crippen molar-refractivity contribution >= 4 is 15.9 Å². The Labute approximate surface area is 185 Å². The summed E-state index contributed by atoms with van der Waals surface area (Å²) in [6.07, 6.45) is 0.535. The van der Waals surface area contributed by atoms with Gasteiger partial charge in [-0.05, 0) is 42.8 Å². The van der Waals surface area contributed by atoms with E-state index >= 15 is 0 Å². The van der Waals surface area contributed by atoms with E-state index in [2.05, 4.69) is 11.8 Å². The third kappa shape index (κ3) is 6.06. The van der Waals surface area contributed by atoms with E-state index in [9.17, 15) is 13.2 Å². The van der Waals surface area contributed by atoms with Crippen molar-refractivity contribution in [3.63, 3.8) is 0 Å². The van der Waals surface area contributed by atoms with Gasteiger partial charge in [0.05, 0.1) is 18.6 Å². The van der Waals surface area contributed by atoms with Crippen molar-refractivity contribution in [3.8, 4) is 5.75 Å². The highest BCUT2D eigenvalue weighted by Crippen LogP contribution is 2.20. The zero-order valence-corrected chi connectivity index (χ0v) is 19.1. The zero-order chi connectivity index (χ0) is 22.3. The van der Waals surface area contributed by atoms with Gasteiger partial charge >= 0.3 is 0 Å². The minimum Gasteiger partial charge on any atom is -0.497 e. The first-order valence-corrected chi connectivity index (χ1v) is 12.1. The molecule has 3 rings (SSSR count). The first-order valence-electron chi connectivity index (χ1n) is 10.6. The molecule has 1 amide bonds. The summed E-state index contributed by atoms with van der Waals surface area (Å²) in [4.78, 5) is 17.2. The summed E-state index contributed by atoms with van der Waals surface area (Å²) in [7, 11) is -2.29. The van der Waals surface area contributed by atoms with E-state index in [-0.39, 0.29) is 23.9 Å². The largest absolute Gasteiger partial charge is 0.497 e. The molecule has 1 saturated heterocycles. The van der Waals surface area contributed by atoms with Gasteiger partial charge in [0.2, 0.25) is 15.9 Å². The van der Waals surface area contributed by atoms with Crippen LogP contribution in [0.25, 0.3) is 0 Å². The number of hydrogen-bond donors (Lipinski definition) is 0. The van der Waals surface area contributed by atoms with E-state index < -0.39 is 10.0 Å². The SMILES string of the molecule is CCN1CCN(C(=O)CN(CCc2ccccc2)S(=O)(=O)c2ccc(OC)cc2)CC1. The molecule has 0 saturated carbocycles. The Kier molecular flexibility index (Phi) is 8.06. The molecule has 31 heavy (non-hydrogen) atoms. The molecule has 0 aromatic heterocycles. The number of sulfonamides is 1. The molecule has 1 heterocycles. The molecule has 0 radical (unpaired) electrons. The Bertz CT molecular complexity index is 941. The number of carbonyl (C=O) groups excluding carboxylic acids is 1. The van der Waals surface area contributed by atoms with E-state index in [1.165, 1.54) is 23.5 Å². The maximum atomic E-state index is 13.4. The molecule has 1 aliphatic heterocycles. The van der Waals surface area contributed by atoms with Gasteiger partial charge in [0.15, 0.2) is 0 Å². The number of methoxy groups -OCH3 is 1. The van der Waals surface area contributed by atoms with Crippen LogP contribution in [0.3, 0.4) is 0 Å². The summed E-state index contributed by atoms with van der Waals surface area (Å²) >= 11 is 0. The molecule has 8 heteroatoms. The predicted octanol–water partition coefficient (Wildman–Crippen LogP) is 2.09. The number of hydrogen-bond acceptors (Lipinski definition) is 5. The van der Waals surface area contributed by atoms with Crippen molar-refractivity contribution in [2.45, 2.75) is 18.2 Å². The Balaban J connectivity index is 1.77. The number of amides is 1. The smallest absolute Gasteiger partial charge is 0.243 e. The van der Waals surface area contributed by atoms with Gasteiger partial charge in [-0.2, -0.15) is 4.31 Å². The van der Waals surface area contributed by atoms with Gasteiger partial charge in [-0.15, -0.1) is 0 Å². The van der Waals surface area contributed by atoms with Crippen LogP contribution in [0.15, 0.2) is 59.5 Å². The van der Waals surface area contributed by atoms with Gasteiger partial charge in [0.1, 0.15) is 5.75 Å². The van der Waals surface area contributed by atoms with Crippen molar-refractivity contribution in [2.75, 3.05) is 52.9 Å². The highest BCUT2D eigenvalue weighted by molar-refractivity contribution is 7.89. The molecule has 0 unspecified atom stereocenters. The number of rotatable bonds is 9. The Morgan fingerprint density at radius 2 is 1.65 bits per heavy atom. The van der Waals surface area contributed by atoms with Crippen LogP contribution in [0.4, 0.5) is 0 Å². The summed E-state index contributed by atoms with van der Waals surface area (Å²) in [6.45, 7) is 6.02. The normalized spacial score (nSPS) is 15.3. The third-order valence-electron chi connectivity index (χ3n) is 5.67. The minimum absolute atomic E-state index is 0.152. The summed E-state index contributed by atoms with van der Waals surface area (Å²) in [5.41, 5.74) is 1.03. The van der Waals surface area contributed by atoms with Gasteiger partial charge in [0.25, 0.3) is 0 Å². The lowest BCUT2D eigenvalue weighted by Crippen LogP contribution is -2.51. The average Bonchev–Trinajstić information content (AvgIpc) is 2.82. The molecule has 0 atom stereocenters. The monoisotopic (exact) mass is 445 g/mol. The molecule has 0 bridgehead atoms. The van der Waals surface area contributed by atoms with E-state index in [1.807, 2.05) is 30.3 Å². The van der Waals surface area contributed by atoms with E-state index in [0.29, 0.717) is 25.3 Å². The Hall–Kier alpha value is -2.42. The second-order valence-electron chi connectivity index (χ2n) is 7.56. The lowest BCUT2D eigenvalue weighted by molar-refractivity contribution is -0.133. The molecule has 1 aliphatic rings. The molecule has 7 nitrogen and oxygen atoms in total. The molecule has 168 valence electrons. The molecule has 1 fully saturated rings. The third-order valence-corrected chi connectivity index (χ3v) is 7.53. The summed E-state index contributed by atoms with van der Waals surface area (Å²) in [6, 6.07) is 16.0. The van der Waals surface area contributed by atoms with Gasteiger partial charge in [-0.1, -0.05) is 37.3 Å². The van der Waals surface area contributed by atoms with Crippen molar-refractivity contribution in [2.24, 2.45) is 0 Å². The van der Waals surface area contributed by atoms with Crippen molar-refractivity contribution < 1.29 is 17.9 Å². The predicted molar refractivity (Wildman–Crippen MR) is 121 cm³/mol. The first kappa shape index (κ1) is 23.2. The van der Waals surface area contributed by atoms with Crippen molar-refractivity contribution in [1.29, 1.82) is 0 Å². The average molecular weight is 446 g/mol. The highest BCUT2D eigenvalue weighted by Gasteiger charge is 2.29. The molecule has 2 aromatic carbocycles. The van der Waals surface area contributed by atoms with Gasteiger partial charge < -0.3 is 14.5 Å². The fraction of sp³-hybridized carbons (Fsp3) is 0.435. The van der Waals surface area contributed by atoms with Crippen LogP contribution in [-0.4, -0.2) is 81.4 Å². The first-order chi connectivity index (χ1) is 14.9. The van der Waals surface area contributed by atoms with Crippen LogP contribution in [0.5, 0.6) is 5.75 Å². The molecule has 0 aliphatic carbocycles. The van der Waals surface area contributed by atoms with Crippen LogP contribution in [0, 0.1) is 0 Å². The number of ether oxygens (including phenoxy) is 1. The molecule has 0 spiro atoms. The van der Waals surface area contributed by atoms with E-state index in [0.717, 1.165) is 25.2 Å². The standard InChI is InChI=1S/C23H31N3O4S/c1-3-24-15-17-25(18-16-24)23(27)19-26(14-13-20-7-5-4-6-8-20)31(28,29)22-11-9-21(30-2)10-12-22/h4-12H,3,13-19H2,1-2H3. The lowest BCUT2D eigenvalue weighted by atomic mass is 10.1. The topological polar surface area (TPSA) is 70.2 Å². The molecule has 2 aromatic rings. The molecule has 0 N–H and O–H groups in total. The fourth-order valence-corrected chi connectivity index (χ4v) is 5.03. The summed E-state index contributed by atoms with van der Waals surface area (Å²) in [5, 5.41) is 0. The second kappa shape index (κ2) is 10.7. The van der Waals surface area contributed by atoms with Gasteiger partial charge in [-0.25, -0.2) is 8.42 Å². The summed E-state index contributed by atoms with van der Waals surface area (Å²) < 4.78 is 33.2. The molecular formula is C23H31N3O4S. The van der Waals surface area contributed by atoms with Crippen LogP contribution in [-0.2, 0) is 21.2 Å². The van der Waals surface area contributed by atoms with Crippen LogP contribution >= 0.6 is 0 Å². The Morgan fingerprint density at radius 1 is 1.00 bits per heavy atom. The second-order valence-corrected chi connectivity index (χ2v) is 9.50. The van der Waals surface area contributed by atoms with E-state index in [4.69, 9.17) is 4.74 Å². The minimum atomic E-state index is -3.83. The van der Waals surface area contributed by atoms with Crippen LogP contribution in [0.1, 0.15) is 12.5 Å². The number of benzene rings is 2. The number of carbonyl (C=O) groups is 1. The quantitative estimate of drug-likeness (QED) is 0.591. The maximum Gasteiger partial charge on any atom is 0.243 e. The van der Waals surface area contributed by atoms with Gasteiger partial charge in [-0.3, -0.25) is 4.79 Å².